The van der Waals surface area contributed by atoms with E-state index in [2.05, 4.69) is 19.2 Å². The average Bonchev–Trinajstić information content (AvgIpc) is 2.62. The lowest BCUT2D eigenvalue weighted by Gasteiger charge is -2.45. The van der Waals surface area contributed by atoms with Gasteiger partial charge in [0, 0.05) is 17.6 Å². The second kappa shape index (κ2) is 7.43. The van der Waals surface area contributed by atoms with Gasteiger partial charge in [-0.2, -0.15) is 0 Å². The van der Waals surface area contributed by atoms with Crippen LogP contribution in [0, 0.1) is 0 Å². The number of nitrogens with zero attached hydrogens (tertiary/aromatic N) is 1. The quantitative estimate of drug-likeness (QED) is 0.746. The molecule has 2 aromatic carbocycles. The van der Waals surface area contributed by atoms with Gasteiger partial charge in [-0.15, -0.1) is 0 Å². The maximum absolute atomic E-state index is 13.0. The molecule has 1 aliphatic heterocycles. The Kier molecular flexibility index (Phi) is 5.30. The van der Waals surface area contributed by atoms with Crippen LogP contribution in [-0.2, 0) is 10.2 Å². The van der Waals surface area contributed by atoms with E-state index in [1.165, 1.54) is 0 Å². The molecule has 0 aliphatic carbocycles. The first-order chi connectivity index (χ1) is 13.5. The minimum Gasteiger partial charge on any atom is -0.444 e. The topological polar surface area (TPSA) is 84.7 Å². The van der Waals surface area contributed by atoms with E-state index < -0.39 is 17.9 Å². The van der Waals surface area contributed by atoms with E-state index in [-0.39, 0.29) is 11.3 Å². The number of nitrogens with two attached hydrogens (primary N) is 1. The van der Waals surface area contributed by atoms with Gasteiger partial charge in [-0.25, -0.2) is 4.79 Å². The summed E-state index contributed by atoms with van der Waals surface area (Å²) in [5, 5.41) is 2.99. The Hall–Kier alpha value is -3.02. The third kappa shape index (κ3) is 4.36. The number of benzene rings is 2. The van der Waals surface area contributed by atoms with Crippen LogP contribution >= 0.6 is 0 Å². The van der Waals surface area contributed by atoms with E-state index in [1.807, 2.05) is 45.0 Å². The van der Waals surface area contributed by atoms with Gasteiger partial charge >= 0.3 is 6.09 Å². The van der Waals surface area contributed by atoms with Crippen LogP contribution in [-0.4, -0.2) is 29.0 Å². The summed E-state index contributed by atoms with van der Waals surface area (Å²) in [6.07, 6.45) is -1.12. The summed E-state index contributed by atoms with van der Waals surface area (Å²) in [6, 6.07) is 14.7. The van der Waals surface area contributed by atoms with Crippen molar-refractivity contribution in [3.8, 4) is 0 Å². The van der Waals surface area contributed by atoms with Crippen LogP contribution in [0.3, 0.4) is 0 Å². The largest absolute Gasteiger partial charge is 0.444 e. The number of hydrogen-bond donors (Lipinski definition) is 2. The van der Waals surface area contributed by atoms with Crippen LogP contribution in [0.1, 0.15) is 62.3 Å². The number of carbonyl (C=O) groups excluding carboxylic acids is 2. The molecule has 154 valence electrons. The van der Waals surface area contributed by atoms with Gasteiger partial charge in [0.25, 0.3) is 5.91 Å². The van der Waals surface area contributed by atoms with Crippen LogP contribution in [0.15, 0.2) is 48.5 Å². The monoisotopic (exact) mass is 395 g/mol. The molecule has 0 bridgehead atoms. The Morgan fingerprint density at radius 1 is 1.10 bits per heavy atom. The second-order valence-electron chi connectivity index (χ2n) is 9.04. The van der Waals surface area contributed by atoms with Crippen molar-refractivity contribution in [3.63, 3.8) is 0 Å². The predicted molar refractivity (Wildman–Crippen MR) is 113 cm³/mol. The van der Waals surface area contributed by atoms with Gasteiger partial charge in [0.1, 0.15) is 11.8 Å². The van der Waals surface area contributed by atoms with Crippen molar-refractivity contribution in [2.45, 2.75) is 51.8 Å². The fourth-order valence-corrected chi connectivity index (χ4v) is 3.67. The Morgan fingerprint density at radius 3 is 2.38 bits per heavy atom. The highest BCUT2D eigenvalue weighted by Crippen LogP contribution is 2.39. The summed E-state index contributed by atoms with van der Waals surface area (Å²) in [4.78, 5) is 27.6. The lowest BCUT2D eigenvalue weighted by atomic mass is 9.77. The van der Waals surface area contributed by atoms with Crippen molar-refractivity contribution < 1.29 is 14.3 Å². The molecule has 1 aliphatic rings. The van der Waals surface area contributed by atoms with Crippen molar-refractivity contribution in [3.05, 3.63) is 65.2 Å². The van der Waals surface area contributed by atoms with Crippen LogP contribution < -0.4 is 11.1 Å². The average molecular weight is 396 g/mol. The fourth-order valence-electron chi connectivity index (χ4n) is 3.67. The van der Waals surface area contributed by atoms with Gasteiger partial charge < -0.3 is 15.8 Å². The lowest BCUT2D eigenvalue weighted by molar-refractivity contribution is 0.00407. The van der Waals surface area contributed by atoms with Crippen LogP contribution in [0.2, 0.25) is 0 Å². The number of anilines is 1. The zero-order valence-electron chi connectivity index (χ0n) is 17.7. The molecule has 0 radical (unpaired) electrons. The highest BCUT2D eigenvalue weighted by molar-refractivity contribution is 5.99. The summed E-state index contributed by atoms with van der Waals surface area (Å²) < 4.78 is 5.64. The number of ether oxygens (including phenoxy) is 1. The number of carbonyl (C=O) groups is 2. The van der Waals surface area contributed by atoms with Crippen molar-refractivity contribution in [1.82, 2.24) is 10.2 Å². The first kappa shape index (κ1) is 20.7. The predicted octanol–water partition coefficient (Wildman–Crippen LogP) is 4.23. The number of fused-ring (bicyclic) bond motifs is 1. The zero-order chi connectivity index (χ0) is 21.4. The van der Waals surface area contributed by atoms with Crippen LogP contribution in [0.25, 0.3) is 0 Å². The molecule has 1 atom stereocenters. The fraction of sp³-hybridized carbons (Fsp3) is 0.391. The van der Waals surface area contributed by atoms with E-state index in [0.29, 0.717) is 17.8 Å². The Morgan fingerprint density at radius 2 is 1.72 bits per heavy atom. The van der Waals surface area contributed by atoms with Gasteiger partial charge in [0.05, 0.1) is 5.56 Å². The molecule has 3 rings (SSSR count). The smallest absolute Gasteiger partial charge is 0.412 e. The number of rotatable bonds is 2. The molecule has 6 nitrogen and oxygen atoms in total. The van der Waals surface area contributed by atoms with Gasteiger partial charge in [-0.1, -0.05) is 50.2 Å². The Labute approximate surface area is 172 Å². The standard InChI is InChI=1S/C23H29N3O3/c1-22(2,3)29-21(28)26-14-23(4,5)17-12-8-6-10-15(17)19(26)25-20(27)16-11-7-9-13-18(16)24/h6-13,19H,14,24H2,1-5H3,(H,25,27). The molecule has 6 heteroatoms. The second-order valence-corrected chi connectivity index (χ2v) is 9.04. The van der Waals surface area contributed by atoms with Crippen molar-refractivity contribution in [1.29, 1.82) is 0 Å². The van der Waals surface area contributed by atoms with E-state index in [9.17, 15) is 9.59 Å². The molecular formula is C23H29N3O3. The highest BCUT2D eigenvalue weighted by atomic mass is 16.6. The molecule has 0 saturated heterocycles. The third-order valence-electron chi connectivity index (χ3n) is 4.96. The molecule has 0 saturated carbocycles. The normalized spacial score (nSPS) is 18.0. The number of nitrogens with one attached hydrogen (secondary N) is 1. The summed E-state index contributed by atoms with van der Waals surface area (Å²) in [7, 11) is 0. The van der Waals surface area contributed by atoms with Gasteiger partial charge in [0.2, 0.25) is 0 Å². The van der Waals surface area contributed by atoms with Crippen LogP contribution in [0.5, 0.6) is 0 Å². The number of nitrogen functional groups attached to an aromatic ring is 1. The van der Waals surface area contributed by atoms with Gasteiger partial charge in [-0.3, -0.25) is 9.69 Å². The third-order valence-corrected chi connectivity index (χ3v) is 4.96. The first-order valence-corrected chi connectivity index (χ1v) is 9.74. The number of para-hydroxylation sites is 1. The molecule has 0 aromatic heterocycles. The molecule has 1 unspecified atom stereocenters. The van der Waals surface area contributed by atoms with Crippen molar-refractivity contribution >= 4 is 17.7 Å². The molecule has 29 heavy (non-hydrogen) atoms. The Balaban J connectivity index is 2.02. The molecule has 1 heterocycles. The number of hydrogen-bond acceptors (Lipinski definition) is 4. The molecule has 3 N–H and O–H groups in total. The minimum absolute atomic E-state index is 0.291. The van der Waals surface area contributed by atoms with Crippen molar-refractivity contribution in [2.75, 3.05) is 12.3 Å². The highest BCUT2D eigenvalue weighted by Gasteiger charge is 2.42. The molecule has 2 aromatic rings. The maximum atomic E-state index is 13.0. The summed E-state index contributed by atoms with van der Waals surface area (Å²) in [5.74, 6) is -0.337. The molecular weight excluding hydrogens is 366 g/mol. The van der Waals surface area contributed by atoms with E-state index in [1.54, 1.807) is 29.2 Å². The number of amides is 2. The van der Waals surface area contributed by atoms with E-state index >= 15 is 0 Å². The van der Waals surface area contributed by atoms with E-state index in [0.717, 1.165) is 11.1 Å². The van der Waals surface area contributed by atoms with Gasteiger partial charge in [-0.05, 0) is 44.0 Å². The lowest BCUT2D eigenvalue weighted by Crippen LogP contribution is -2.54. The van der Waals surface area contributed by atoms with E-state index in [4.69, 9.17) is 10.5 Å². The first-order valence-electron chi connectivity index (χ1n) is 9.74. The summed E-state index contributed by atoms with van der Waals surface area (Å²) in [5.41, 5.74) is 7.77. The SMILES string of the molecule is CC(C)(C)OC(=O)N1CC(C)(C)c2ccccc2C1NC(=O)c1ccccc1N. The van der Waals surface area contributed by atoms with Crippen molar-refractivity contribution in [2.24, 2.45) is 0 Å². The minimum atomic E-state index is -0.652. The van der Waals surface area contributed by atoms with Crippen LogP contribution in [0.4, 0.5) is 10.5 Å². The van der Waals surface area contributed by atoms with Gasteiger partial charge in [0.15, 0.2) is 0 Å². The molecule has 2 amide bonds. The molecule has 0 spiro atoms. The summed E-state index contributed by atoms with van der Waals surface area (Å²) >= 11 is 0. The molecule has 0 fully saturated rings. The summed E-state index contributed by atoms with van der Waals surface area (Å²) in [6.45, 7) is 10.0. The zero-order valence-corrected chi connectivity index (χ0v) is 17.7. The maximum Gasteiger partial charge on any atom is 0.412 e. The Bertz CT molecular complexity index is 931.